The number of fused-ring (bicyclic) bond motifs is 3. The number of aromatic nitrogens is 1. The van der Waals surface area contributed by atoms with E-state index in [1.54, 1.807) is 10.8 Å². The minimum absolute atomic E-state index is 0.129. The van der Waals surface area contributed by atoms with Crippen LogP contribution < -0.4 is 10.3 Å². The van der Waals surface area contributed by atoms with Crippen LogP contribution >= 0.6 is 0 Å². The minimum atomic E-state index is -0.129. The number of rotatable bonds is 6. The molecular weight excluding hydrogens is 388 g/mol. The quantitative estimate of drug-likeness (QED) is 0.449. The van der Waals surface area contributed by atoms with Crippen molar-refractivity contribution in [3.8, 4) is 11.4 Å². The summed E-state index contributed by atoms with van der Waals surface area (Å²) in [6, 6.07) is 19.3. The van der Waals surface area contributed by atoms with Gasteiger partial charge in [0.15, 0.2) is 0 Å². The zero-order chi connectivity index (χ0) is 21.2. The van der Waals surface area contributed by atoms with Crippen LogP contribution in [0.4, 0.5) is 0 Å². The van der Waals surface area contributed by atoms with E-state index >= 15 is 0 Å². The molecule has 0 N–H and O–H groups in total. The lowest BCUT2D eigenvalue weighted by molar-refractivity contribution is 0.244. The summed E-state index contributed by atoms with van der Waals surface area (Å²) in [5, 5.41) is 1.15. The Labute approximate surface area is 181 Å². The van der Waals surface area contributed by atoms with Crippen LogP contribution in [0.25, 0.3) is 16.7 Å². The smallest absolute Gasteiger partial charge is 0.258 e. The maximum atomic E-state index is 12.7. The van der Waals surface area contributed by atoms with E-state index in [4.69, 9.17) is 9.15 Å². The van der Waals surface area contributed by atoms with Crippen LogP contribution in [0, 0.1) is 0 Å². The molecule has 0 bridgehead atoms. The number of hydrogen-bond donors (Lipinski definition) is 0. The lowest BCUT2D eigenvalue weighted by Crippen LogP contribution is -2.30. The summed E-state index contributed by atoms with van der Waals surface area (Å²) in [6.45, 7) is 5.73. The predicted molar refractivity (Wildman–Crippen MR) is 122 cm³/mol. The second-order valence-corrected chi connectivity index (χ2v) is 8.06. The molecule has 4 aromatic rings. The van der Waals surface area contributed by atoms with E-state index in [-0.39, 0.29) is 5.56 Å². The molecule has 0 saturated carbocycles. The van der Waals surface area contributed by atoms with Crippen LogP contribution in [0.2, 0.25) is 0 Å². The number of nitrogens with zero attached hydrogens (tertiary/aromatic N) is 2. The Morgan fingerprint density at radius 2 is 1.94 bits per heavy atom. The van der Waals surface area contributed by atoms with Crippen molar-refractivity contribution in [2.24, 2.45) is 0 Å². The molecule has 1 aliphatic heterocycles. The molecule has 2 aromatic carbocycles. The van der Waals surface area contributed by atoms with Gasteiger partial charge in [0, 0.05) is 48.8 Å². The summed E-state index contributed by atoms with van der Waals surface area (Å²) < 4.78 is 13.6. The highest BCUT2D eigenvalue weighted by Crippen LogP contribution is 2.32. The molecule has 5 rings (SSSR count). The molecule has 5 nitrogen and oxygen atoms in total. The fraction of sp³-hybridized carbons (Fsp3) is 0.269. The van der Waals surface area contributed by atoms with Gasteiger partial charge in [0.05, 0.1) is 5.69 Å². The maximum Gasteiger partial charge on any atom is 0.258 e. The Hall–Kier alpha value is -3.31. The molecular formula is C26H26N2O3. The first-order valence-electron chi connectivity index (χ1n) is 10.9. The summed E-state index contributed by atoms with van der Waals surface area (Å²) in [7, 11) is 0. The number of pyridine rings is 1. The molecule has 0 saturated heterocycles. The van der Waals surface area contributed by atoms with Crippen molar-refractivity contribution in [2.45, 2.75) is 32.9 Å². The third kappa shape index (κ3) is 4.01. The fourth-order valence-electron chi connectivity index (χ4n) is 4.29. The topological polar surface area (TPSA) is 47.6 Å². The Morgan fingerprint density at radius 3 is 2.74 bits per heavy atom. The van der Waals surface area contributed by atoms with Crippen molar-refractivity contribution in [1.29, 1.82) is 0 Å². The average Bonchev–Trinajstić information content (AvgIpc) is 3.16. The van der Waals surface area contributed by atoms with Gasteiger partial charge in [-0.1, -0.05) is 37.3 Å². The van der Waals surface area contributed by atoms with Crippen molar-refractivity contribution in [3.63, 3.8) is 0 Å². The third-order valence-electron chi connectivity index (χ3n) is 5.85. The number of furan rings is 1. The van der Waals surface area contributed by atoms with Gasteiger partial charge in [0.2, 0.25) is 0 Å². The molecule has 0 fully saturated rings. The van der Waals surface area contributed by atoms with Crippen LogP contribution in [0.15, 0.2) is 76.1 Å². The Balaban J connectivity index is 1.39. The summed E-state index contributed by atoms with van der Waals surface area (Å²) in [5.74, 6) is 1.65. The molecule has 0 spiro atoms. The number of hydrogen-bond acceptors (Lipinski definition) is 4. The zero-order valence-corrected chi connectivity index (χ0v) is 17.7. The van der Waals surface area contributed by atoms with Crippen molar-refractivity contribution in [1.82, 2.24) is 9.47 Å². The monoisotopic (exact) mass is 414 g/mol. The zero-order valence-electron chi connectivity index (χ0n) is 17.7. The van der Waals surface area contributed by atoms with Gasteiger partial charge in [-0.3, -0.25) is 14.3 Å². The second-order valence-electron chi connectivity index (χ2n) is 8.06. The van der Waals surface area contributed by atoms with E-state index in [1.165, 1.54) is 11.6 Å². The molecule has 2 aromatic heterocycles. The van der Waals surface area contributed by atoms with Gasteiger partial charge in [0.25, 0.3) is 5.56 Å². The highest BCUT2D eigenvalue weighted by atomic mass is 16.5. The van der Waals surface area contributed by atoms with E-state index in [1.807, 2.05) is 48.5 Å². The van der Waals surface area contributed by atoms with E-state index < -0.39 is 0 Å². The molecule has 31 heavy (non-hydrogen) atoms. The number of benzene rings is 2. The van der Waals surface area contributed by atoms with Gasteiger partial charge in [-0.05, 0) is 36.7 Å². The molecule has 0 amide bonds. The predicted octanol–water partition coefficient (Wildman–Crippen LogP) is 4.93. The SMILES string of the molecule is CCCN1CCc2oc3cc(-n4ccc(OCc5ccccc5)cc4=O)ccc3c2C1. The molecule has 3 heterocycles. The first-order valence-corrected chi connectivity index (χ1v) is 10.9. The molecule has 0 radical (unpaired) electrons. The largest absolute Gasteiger partial charge is 0.489 e. The molecule has 158 valence electrons. The second kappa shape index (κ2) is 8.44. The highest BCUT2D eigenvalue weighted by molar-refractivity contribution is 5.84. The van der Waals surface area contributed by atoms with E-state index in [0.29, 0.717) is 12.4 Å². The normalized spacial score (nSPS) is 14.0. The maximum absolute atomic E-state index is 12.7. The Kier molecular flexibility index (Phi) is 5.35. The summed E-state index contributed by atoms with van der Waals surface area (Å²) in [6.07, 6.45) is 3.85. The van der Waals surface area contributed by atoms with Gasteiger partial charge in [-0.25, -0.2) is 0 Å². The highest BCUT2D eigenvalue weighted by Gasteiger charge is 2.22. The first kappa shape index (κ1) is 19.6. The standard InChI is InChI=1S/C26H26N2O3/c1-2-12-27-13-11-24-23(17-27)22-9-8-20(15-25(22)31-24)28-14-10-21(16-26(28)29)30-18-19-6-4-3-5-7-19/h3-10,14-16H,2,11-13,17-18H2,1H3. The van der Waals surface area contributed by atoms with E-state index in [0.717, 1.165) is 60.5 Å². The fourth-order valence-corrected chi connectivity index (χ4v) is 4.29. The first-order chi connectivity index (χ1) is 15.2. The van der Waals surface area contributed by atoms with Gasteiger partial charge in [-0.2, -0.15) is 0 Å². The van der Waals surface area contributed by atoms with Crippen LogP contribution in [0.1, 0.15) is 30.2 Å². The van der Waals surface area contributed by atoms with E-state index in [9.17, 15) is 4.79 Å². The molecule has 0 aliphatic carbocycles. The summed E-state index contributed by atoms with van der Waals surface area (Å²) in [5.41, 5.74) is 3.87. The van der Waals surface area contributed by atoms with E-state index in [2.05, 4.69) is 17.9 Å². The van der Waals surface area contributed by atoms with Gasteiger partial charge >= 0.3 is 0 Å². The van der Waals surface area contributed by atoms with Crippen molar-refractivity contribution in [2.75, 3.05) is 13.1 Å². The van der Waals surface area contributed by atoms with Crippen LogP contribution in [0.5, 0.6) is 5.75 Å². The summed E-state index contributed by atoms with van der Waals surface area (Å²) >= 11 is 0. The molecule has 0 unspecified atom stereocenters. The van der Waals surface area contributed by atoms with Crippen LogP contribution in [0.3, 0.4) is 0 Å². The van der Waals surface area contributed by atoms with Gasteiger partial charge in [0.1, 0.15) is 23.7 Å². The Bertz CT molecular complexity index is 1260. The minimum Gasteiger partial charge on any atom is -0.489 e. The van der Waals surface area contributed by atoms with Crippen LogP contribution in [-0.2, 0) is 19.6 Å². The van der Waals surface area contributed by atoms with Crippen molar-refractivity contribution >= 4 is 11.0 Å². The van der Waals surface area contributed by atoms with Crippen molar-refractivity contribution in [3.05, 3.63) is 94.1 Å². The van der Waals surface area contributed by atoms with Gasteiger partial charge in [-0.15, -0.1) is 0 Å². The molecule has 5 heteroatoms. The summed E-state index contributed by atoms with van der Waals surface area (Å²) in [4.78, 5) is 15.2. The average molecular weight is 415 g/mol. The molecule has 1 aliphatic rings. The lowest BCUT2D eigenvalue weighted by atomic mass is 10.0. The third-order valence-corrected chi connectivity index (χ3v) is 5.85. The number of ether oxygens (including phenoxy) is 1. The Morgan fingerprint density at radius 1 is 1.06 bits per heavy atom. The van der Waals surface area contributed by atoms with Crippen LogP contribution in [-0.4, -0.2) is 22.6 Å². The van der Waals surface area contributed by atoms with Crippen molar-refractivity contribution < 1.29 is 9.15 Å². The lowest BCUT2D eigenvalue weighted by Gasteiger charge is -2.25. The van der Waals surface area contributed by atoms with Gasteiger partial charge < -0.3 is 9.15 Å². The molecule has 0 atom stereocenters.